The predicted octanol–water partition coefficient (Wildman–Crippen LogP) is 2.58. The maximum absolute atomic E-state index is 10.8. The van der Waals surface area contributed by atoms with E-state index >= 15 is 0 Å². The number of rotatable bonds is 4. The molecule has 0 amide bonds. The van der Waals surface area contributed by atoms with Crippen molar-refractivity contribution in [2.24, 2.45) is 11.8 Å². The van der Waals surface area contributed by atoms with Crippen LogP contribution in [0, 0.1) is 11.8 Å². The first-order chi connectivity index (χ1) is 8.25. The molecule has 0 bridgehead atoms. The lowest BCUT2D eigenvalue weighted by atomic mass is 9.82. The molecule has 2 aliphatic carbocycles. The number of carboxylic acid groups (broad SMARTS) is 1. The molecule has 0 aromatic heterocycles. The van der Waals surface area contributed by atoms with Crippen LogP contribution in [0.15, 0.2) is 12.2 Å². The predicted molar refractivity (Wildman–Crippen MR) is 67.9 cm³/mol. The Morgan fingerprint density at radius 1 is 1.24 bits per heavy atom. The number of hydrogen-bond donors (Lipinski definition) is 2. The van der Waals surface area contributed by atoms with Gasteiger partial charge in [0.2, 0.25) is 0 Å². The van der Waals surface area contributed by atoms with Gasteiger partial charge in [0.15, 0.2) is 0 Å². The molecule has 3 nitrogen and oxygen atoms in total. The summed E-state index contributed by atoms with van der Waals surface area (Å²) in [6.45, 7) is 1.06. The van der Waals surface area contributed by atoms with Crippen molar-refractivity contribution >= 4 is 5.97 Å². The number of carboxylic acids is 1. The zero-order chi connectivity index (χ0) is 12.1. The fourth-order valence-corrected chi connectivity index (χ4v) is 2.91. The molecule has 2 N–H and O–H groups in total. The Morgan fingerprint density at radius 3 is 2.59 bits per heavy atom. The van der Waals surface area contributed by atoms with E-state index in [-0.39, 0.29) is 5.92 Å². The molecule has 0 spiro atoms. The summed E-state index contributed by atoms with van der Waals surface area (Å²) in [5, 5.41) is 12.5. The lowest BCUT2D eigenvalue weighted by Gasteiger charge is -2.28. The molecule has 0 aromatic carbocycles. The van der Waals surface area contributed by atoms with Crippen molar-refractivity contribution < 1.29 is 9.90 Å². The Balaban J connectivity index is 1.66. The summed E-state index contributed by atoms with van der Waals surface area (Å²) >= 11 is 0. The second-order valence-electron chi connectivity index (χ2n) is 5.43. The number of nitrogens with one attached hydrogen (secondary N) is 1. The van der Waals surface area contributed by atoms with Gasteiger partial charge in [-0.15, -0.1) is 0 Å². The minimum Gasteiger partial charge on any atom is -0.481 e. The summed E-state index contributed by atoms with van der Waals surface area (Å²) in [6, 6.07) is 0.556. The highest BCUT2D eigenvalue weighted by Gasteiger charge is 2.25. The Morgan fingerprint density at radius 2 is 2.00 bits per heavy atom. The highest BCUT2D eigenvalue weighted by molar-refractivity contribution is 5.69. The average molecular weight is 237 g/mol. The quantitative estimate of drug-likeness (QED) is 0.739. The maximum atomic E-state index is 10.8. The highest BCUT2D eigenvalue weighted by atomic mass is 16.4. The SMILES string of the molecule is O=C(O)C1CCC(CNC2C=CCCC2)CC1. The fourth-order valence-electron chi connectivity index (χ4n) is 2.91. The van der Waals surface area contributed by atoms with Gasteiger partial charge >= 0.3 is 5.97 Å². The van der Waals surface area contributed by atoms with Gasteiger partial charge in [-0.1, -0.05) is 12.2 Å². The number of carbonyl (C=O) groups is 1. The average Bonchev–Trinajstić information content (AvgIpc) is 2.38. The first-order valence-electron chi connectivity index (χ1n) is 6.88. The topological polar surface area (TPSA) is 49.3 Å². The minimum absolute atomic E-state index is 0.0826. The molecule has 3 heteroatoms. The summed E-state index contributed by atoms with van der Waals surface area (Å²) in [4.78, 5) is 10.8. The van der Waals surface area contributed by atoms with Crippen molar-refractivity contribution in [3.8, 4) is 0 Å². The second-order valence-corrected chi connectivity index (χ2v) is 5.43. The molecule has 96 valence electrons. The van der Waals surface area contributed by atoms with E-state index in [4.69, 9.17) is 5.11 Å². The van der Waals surface area contributed by atoms with Gasteiger partial charge in [-0.05, 0) is 57.4 Å². The van der Waals surface area contributed by atoms with E-state index in [0.717, 1.165) is 32.2 Å². The number of hydrogen-bond acceptors (Lipinski definition) is 2. The van der Waals surface area contributed by atoms with Gasteiger partial charge in [-0.25, -0.2) is 0 Å². The zero-order valence-corrected chi connectivity index (χ0v) is 10.4. The van der Waals surface area contributed by atoms with E-state index in [1.54, 1.807) is 0 Å². The van der Waals surface area contributed by atoms with Crippen LogP contribution in [0.3, 0.4) is 0 Å². The Labute approximate surface area is 103 Å². The summed E-state index contributed by atoms with van der Waals surface area (Å²) in [7, 11) is 0. The van der Waals surface area contributed by atoms with Gasteiger partial charge < -0.3 is 10.4 Å². The van der Waals surface area contributed by atoms with E-state index in [1.165, 1.54) is 19.3 Å². The van der Waals surface area contributed by atoms with E-state index in [0.29, 0.717) is 12.0 Å². The van der Waals surface area contributed by atoms with Crippen LogP contribution in [0.2, 0.25) is 0 Å². The molecule has 0 radical (unpaired) electrons. The molecule has 2 aliphatic rings. The molecule has 0 saturated heterocycles. The summed E-state index contributed by atoms with van der Waals surface area (Å²) in [5.74, 6) is -0.00613. The first-order valence-corrected chi connectivity index (χ1v) is 6.88. The monoisotopic (exact) mass is 237 g/mol. The van der Waals surface area contributed by atoms with Crippen LogP contribution >= 0.6 is 0 Å². The van der Waals surface area contributed by atoms with Crippen molar-refractivity contribution in [3.05, 3.63) is 12.2 Å². The fraction of sp³-hybridized carbons (Fsp3) is 0.786. The highest BCUT2D eigenvalue weighted by Crippen LogP contribution is 2.28. The Kier molecular flexibility index (Phi) is 4.60. The van der Waals surface area contributed by atoms with Crippen LogP contribution in [0.4, 0.5) is 0 Å². The standard InChI is InChI=1S/C14H23NO2/c16-14(17)12-8-6-11(7-9-12)10-15-13-4-2-1-3-5-13/h2,4,11-13,15H,1,3,5-10H2,(H,16,17). The molecule has 0 aliphatic heterocycles. The van der Waals surface area contributed by atoms with Crippen LogP contribution in [-0.2, 0) is 4.79 Å². The maximum Gasteiger partial charge on any atom is 0.306 e. The van der Waals surface area contributed by atoms with Crippen molar-refractivity contribution in [2.45, 2.75) is 51.0 Å². The number of allylic oxidation sites excluding steroid dienone is 1. The lowest BCUT2D eigenvalue weighted by molar-refractivity contribution is -0.143. The molecule has 0 aromatic rings. The Bertz CT molecular complexity index is 280. The molecule has 1 saturated carbocycles. The van der Waals surface area contributed by atoms with Gasteiger partial charge in [-0.3, -0.25) is 4.79 Å². The smallest absolute Gasteiger partial charge is 0.306 e. The zero-order valence-electron chi connectivity index (χ0n) is 10.4. The minimum atomic E-state index is -0.605. The van der Waals surface area contributed by atoms with Crippen LogP contribution in [0.1, 0.15) is 44.9 Å². The number of aliphatic carboxylic acids is 1. The van der Waals surface area contributed by atoms with E-state index < -0.39 is 5.97 Å². The summed E-state index contributed by atoms with van der Waals surface area (Å²) in [5.41, 5.74) is 0. The third-order valence-corrected chi connectivity index (χ3v) is 4.12. The van der Waals surface area contributed by atoms with Crippen LogP contribution < -0.4 is 5.32 Å². The van der Waals surface area contributed by atoms with Crippen LogP contribution in [0.25, 0.3) is 0 Å². The van der Waals surface area contributed by atoms with Crippen LogP contribution in [0.5, 0.6) is 0 Å². The van der Waals surface area contributed by atoms with Gasteiger partial charge in [0.25, 0.3) is 0 Å². The largest absolute Gasteiger partial charge is 0.481 e. The molecular weight excluding hydrogens is 214 g/mol. The van der Waals surface area contributed by atoms with Crippen molar-refractivity contribution in [2.75, 3.05) is 6.54 Å². The first kappa shape index (κ1) is 12.6. The van der Waals surface area contributed by atoms with Crippen molar-refractivity contribution in [1.29, 1.82) is 0 Å². The van der Waals surface area contributed by atoms with Crippen LogP contribution in [-0.4, -0.2) is 23.7 Å². The molecule has 17 heavy (non-hydrogen) atoms. The molecule has 0 heterocycles. The van der Waals surface area contributed by atoms with Crippen molar-refractivity contribution in [1.82, 2.24) is 5.32 Å². The summed E-state index contributed by atoms with van der Waals surface area (Å²) in [6.07, 6.45) is 12.2. The second kappa shape index (κ2) is 6.20. The molecule has 2 rings (SSSR count). The van der Waals surface area contributed by atoms with E-state index in [2.05, 4.69) is 17.5 Å². The van der Waals surface area contributed by atoms with E-state index in [1.807, 2.05) is 0 Å². The normalized spacial score (nSPS) is 33.5. The van der Waals surface area contributed by atoms with Crippen molar-refractivity contribution in [3.63, 3.8) is 0 Å². The molecular formula is C14H23NO2. The third-order valence-electron chi connectivity index (χ3n) is 4.12. The van der Waals surface area contributed by atoms with Gasteiger partial charge in [-0.2, -0.15) is 0 Å². The molecule has 1 atom stereocenters. The van der Waals surface area contributed by atoms with Gasteiger partial charge in [0.1, 0.15) is 0 Å². The van der Waals surface area contributed by atoms with Gasteiger partial charge in [0, 0.05) is 6.04 Å². The lowest BCUT2D eigenvalue weighted by Crippen LogP contribution is -2.35. The van der Waals surface area contributed by atoms with Gasteiger partial charge in [0.05, 0.1) is 5.92 Å². The summed E-state index contributed by atoms with van der Waals surface area (Å²) < 4.78 is 0. The molecule has 1 fully saturated rings. The Hall–Kier alpha value is -0.830. The third kappa shape index (κ3) is 3.84. The van der Waals surface area contributed by atoms with E-state index in [9.17, 15) is 4.79 Å². The molecule has 1 unspecified atom stereocenters.